The van der Waals surface area contributed by atoms with Gasteiger partial charge >= 0.3 is 5.97 Å². The van der Waals surface area contributed by atoms with Crippen LogP contribution in [0.5, 0.6) is 0 Å². The van der Waals surface area contributed by atoms with Crippen molar-refractivity contribution in [1.29, 1.82) is 0 Å². The summed E-state index contributed by atoms with van der Waals surface area (Å²) in [5.74, 6) is -0.886. The van der Waals surface area contributed by atoms with E-state index in [9.17, 15) is 13.2 Å². The molecule has 0 saturated heterocycles. The zero-order valence-corrected chi connectivity index (χ0v) is 11.3. The lowest BCUT2D eigenvalue weighted by atomic mass is 10.0. The number of benzene rings is 1. The van der Waals surface area contributed by atoms with Crippen molar-refractivity contribution in [1.82, 2.24) is 0 Å². The van der Waals surface area contributed by atoms with Crippen LogP contribution in [0.25, 0.3) is 0 Å². The number of carboxylic acid groups (broad SMARTS) is 1. The van der Waals surface area contributed by atoms with Gasteiger partial charge in [-0.05, 0) is 37.0 Å². The molecule has 1 unspecified atom stereocenters. The molecule has 0 bridgehead atoms. The average molecular weight is 283 g/mol. The Labute approximate surface area is 112 Å². The Morgan fingerprint density at radius 2 is 1.89 bits per heavy atom. The Morgan fingerprint density at radius 3 is 2.37 bits per heavy atom. The molecule has 0 aromatic heterocycles. The summed E-state index contributed by atoms with van der Waals surface area (Å²) >= 11 is 0. The minimum atomic E-state index is -3.17. The van der Waals surface area contributed by atoms with Gasteiger partial charge in [-0.3, -0.25) is 4.79 Å². The highest BCUT2D eigenvalue weighted by atomic mass is 32.2. The molecule has 0 amide bonds. The first-order chi connectivity index (χ1) is 8.91. The van der Waals surface area contributed by atoms with E-state index in [1.54, 1.807) is 24.3 Å². The van der Waals surface area contributed by atoms with E-state index < -0.39 is 15.8 Å². The van der Waals surface area contributed by atoms with Gasteiger partial charge in [-0.15, -0.1) is 0 Å². The molecule has 19 heavy (non-hydrogen) atoms. The van der Waals surface area contributed by atoms with Gasteiger partial charge in [0.05, 0.1) is 10.1 Å². The fourth-order valence-electron chi connectivity index (χ4n) is 1.92. The van der Waals surface area contributed by atoms with Crippen molar-refractivity contribution in [3.63, 3.8) is 0 Å². The van der Waals surface area contributed by atoms with Crippen LogP contribution in [0.1, 0.15) is 37.3 Å². The van der Waals surface area contributed by atoms with Gasteiger partial charge in [0.1, 0.15) is 0 Å². The second-order valence-electron chi connectivity index (χ2n) is 4.85. The molecule has 1 aliphatic carbocycles. The first kappa shape index (κ1) is 14.0. The summed E-state index contributed by atoms with van der Waals surface area (Å²) in [6.45, 7) is 0. The number of carboxylic acids is 1. The number of nitrogens with two attached hydrogens (primary N) is 1. The van der Waals surface area contributed by atoms with Crippen molar-refractivity contribution < 1.29 is 18.3 Å². The van der Waals surface area contributed by atoms with Crippen LogP contribution in [-0.4, -0.2) is 24.7 Å². The lowest BCUT2D eigenvalue weighted by Crippen LogP contribution is -2.13. The molecule has 0 spiro atoms. The second kappa shape index (κ2) is 5.30. The molecule has 1 aliphatic rings. The minimum Gasteiger partial charge on any atom is -0.481 e. The first-order valence-corrected chi connectivity index (χ1v) is 7.77. The van der Waals surface area contributed by atoms with Gasteiger partial charge in [0.2, 0.25) is 0 Å². The predicted octanol–water partition coefficient (Wildman–Crippen LogP) is 1.49. The van der Waals surface area contributed by atoms with E-state index in [1.807, 2.05) is 0 Å². The fourth-order valence-corrected chi connectivity index (χ4v) is 3.58. The zero-order valence-electron chi connectivity index (χ0n) is 10.5. The van der Waals surface area contributed by atoms with Crippen molar-refractivity contribution in [3.8, 4) is 0 Å². The third-order valence-corrected chi connectivity index (χ3v) is 5.55. The van der Waals surface area contributed by atoms with Crippen LogP contribution in [-0.2, 0) is 14.6 Å². The van der Waals surface area contributed by atoms with Crippen molar-refractivity contribution in [2.45, 2.75) is 41.9 Å². The second-order valence-corrected chi connectivity index (χ2v) is 7.08. The molecule has 0 aliphatic heterocycles. The largest absolute Gasteiger partial charge is 0.481 e. The number of rotatable bonds is 6. The van der Waals surface area contributed by atoms with Gasteiger partial charge in [-0.2, -0.15) is 0 Å². The van der Waals surface area contributed by atoms with Crippen LogP contribution in [0.15, 0.2) is 29.2 Å². The molecule has 5 nitrogen and oxygen atoms in total. The maximum Gasteiger partial charge on any atom is 0.303 e. The van der Waals surface area contributed by atoms with Gasteiger partial charge in [0.25, 0.3) is 0 Å². The van der Waals surface area contributed by atoms with Crippen LogP contribution >= 0.6 is 0 Å². The SMILES string of the molecule is NC(CCC(=O)O)c1ccc(S(=O)(=O)C2CC2)cc1. The van der Waals surface area contributed by atoms with E-state index in [1.165, 1.54) is 0 Å². The molecule has 0 radical (unpaired) electrons. The Hall–Kier alpha value is -1.40. The topological polar surface area (TPSA) is 97.5 Å². The molecule has 6 heteroatoms. The molecule has 1 aromatic carbocycles. The molecule has 0 heterocycles. The lowest BCUT2D eigenvalue weighted by molar-refractivity contribution is -0.137. The van der Waals surface area contributed by atoms with Crippen LogP contribution in [0.2, 0.25) is 0 Å². The lowest BCUT2D eigenvalue weighted by Gasteiger charge is -2.11. The monoisotopic (exact) mass is 283 g/mol. The van der Waals surface area contributed by atoms with Gasteiger partial charge in [0, 0.05) is 12.5 Å². The summed E-state index contributed by atoms with van der Waals surface area (Å²) in [5.41, 5.74) is 6.62. The predicted molar refractivity (Wildman–Crippen MR) is 70.4 cm³/mol. The van der Waals surface area contributed by atoms with E-state index in [-0.39, 0.29) is 17.7 Å². The molecule has 1 atom stereocenters. The van der Waals surface area contributed by atoms with Crippen molar-refractivity contribution >= 4 is 15.8 Å². The maximum absolute atomic E-state index is 12.0. The van der Waals surface area contributed by atoms with E-state index in [4.69, 9.17) is 10.8 Å². The normalized spacial score (nSPS) is 17.1. The number of aliphatic carboxylic acids is 1. The third-order valence-electron chi connectivity index (χ3n) is 3.27. The number of sulfone groups is 1. The van der Waals surface area contributed by atoms with E-state index in [0.29, 0.717) is 11.3 Å². The highest BCUT2D eigenvalue weighted by Crippen LogP contribution is 2.33. The molecule has 1 fully saturated rings. The third kappa shape index (κ3) is 3.33. The smallest absolute Gasteiger partial charge is 0.303 e. The van der Waals surface area contributed by atoms with Crippen LogP contribution < -0.4 is 5.73 Å². The van der Waals surface area contributed by atoms with Crippen LogP contribution in [0.3, 0.4) is 0 Å². The molecule has 1 saturated carbocycles. The van der Waals surface area contributed by atoms with Crippen LogP contribution in [0.4, 0.5) is 0 Å². The zero-order chi connectivity index (χ0) is 14.0. The van der Waals surface area contributed by atoms with Crippen molar-refractivity contribution in [2.24, 2.45) is 5.73 Å². The molecule has 3 N–H and O–H groups in total. The number of hydrogen-bond acceptors (Lipinski definition) is 4. The Morgan fingerprint density at radius 1 is 1.32 bits per heavy atom. The van der Waals surface area contributed by atoms with E-state index in [2.05, 4.69) is 0 Å². The Kier molecular flexibility index (Phi) is 3.91. The summed E-state index contributed by atoms with van der Waals surface area (Å²) in [6, 6.07) is 6.07. The van der Waals surface area contributed by atoms with Gasteiger partial charge in [-0.25, -0.2) is 8.42 Å². The Balaban J connectivity index is 2.08. The molecule has 2 rings (SSSR count). The maximum atomic E-state index is 12.0. The summed E-state index contributed by atoms with van der Waals surface area (Å²) in [4.78, 5) is 10.8. The fraction of sp³-hybridized carbons (Fsp3) is 0.462. The van der Waals surface area contributed by atoms with Crippen LogP contribution in [0, 0.1) is 0 Å². The number of carbonyl (C=O) groups is 1. The molecule has 1 aromatic rings. The van der Waals surface area contributed by atoms with E-state index >= 15 is 0 Å². The average Bonchev–Trinajstić information content (AvgIpc) is 3.20. The molecule has 104 valence electrons. The summed E-state index contributed by atoms with van der Waals surface area (Å²) in [5, 5.41) is 8.37. The van der Waals surface area contributed by atoms with Crippen molar-refractivity contribution in [2.75, 3.05) is 0 Å². The standard InChI is InChI=1S/C13H17NO4S/c14-12(7-8-13(15)16)9-1-3-10(4-2-9)19(17,18)11-5-6-11/h1-4,11-12H,5-8,14H2,(H,15,16). The molecular formula is C13H17NO4S. The Bertz CT molecular complexity index is 561. The van der Waals surface area contributed by atoms with Crippen molar-refractivity contribution in [3.05, 3.63) is 29.8 Å². The number of hydrogen-bond donors (Lipinski definition) is 2. The summed E-state index contributed by atoms with van der Waals surface area (Å²) < 4.78 is 24.0. The highest BCUT2D eigenvalue weighted by molar-refractivity contribution is 7.92. The molecular weight excluding hydrogens is 266 g/mol. The minimum absolute atomic E-state index is 0.00326. The summed E-state index contributed by atoms with van der Waals surface area (Å²) in [6.07, 6.45) is 1.82. The van der Waals surface area contributed by atoms with E-state index in [0.717, 1.165) is 18.4 Å². The van der Waals surface area contributed by atoms with Gasteiger partial charge in [0.15, 0.2) is 9.84 Å². The first-order valence-electron chi connectivity index (χ1n) is 6.22. The van der Waals surface area contributed by atoms with Gasteiger partial charge < -0.3 is 10.8 Å². The van der Waals surface area contributed by atoms with Gasteiger partial charge in [-0.1, -0.05) is 12.1 Å². The highest BCUT2D eigenvalue weighted by Gasteiger charge is 2.36. The summed E-state index contributed by atoms with van der Waals surface area (Å²) in [7, 11) is -3.17. The quantitative estimate of drug-likeness (QED) is 0.824.